The average Bonchev–Trinajstić information content (AvgIpc) is 2.46. The molecule has 0 fully saturated rings. The number of nitrogens with zero attached hydrogens (tertiary/aromatic N) is 2. The Balaban J connectivity index is 2.24. The summed E-state index contributed by atoms with van der Waals surface area (Å²) >= 11 is 0. The first-order valence-electron chi connectivity index (χ1n) is 5.53. The van der Waals surface area contributed by atoms with Crippen LogP contribution in [-0.4, -0.2) is 16.2 Å². The number of pyridine rings is 1. The number of carbonyl (C=O) groups excluding carboxylic acids is 1. The Morgan fingerprint density at radius 3 is 2.37 bits per heavy atom. The van der Waals surface area contributed by atoms with E-state index in [1.54, 1.807) is 12.1 Å². The highest BCUT2D eigenvalue weighted by Crippen LogP contribution is 2.20. The van der Waals surface area contributed by atoms with E-state index in [2.05, 4.69) is 4.98 Å². The number of benzene rings is 1. The fourth-order valence-electron chi connectivity index (χ4n) is 1.58. The van der Waals surface area contributed by atoms with Gasteiger partial charge in [0.15, 0.2) is 0 Å². The second-order valence-corrected chi connectivity index (χ2v) is 3.78. The Morgan fingerprint density at radius 2 is 1.84 bits per heavy atom. The van der Waals surface area contributed by atoms with Crippen molar-refractivity contribution in [3.8, 4) is 11.3 Å². The van der Waals surface area contributed by atoms with Crippen LogP contribution in [0.25, 0.3) is 17.3 Å². The van der Waals surface area contributed by atoms with Crippen molar-refractivity contribution in [3.63, 3.8) is 0 Å². The van der Waals surface area contributed by atoms with Crippen LogP contribution in [0.4, 0.5) is 5.69 Å². The van der Waals surface area contributed by atoms with Crippen molar-refractivity contribution in [3.05, 3.63) is 64.3 Å². The maximum absolute atomic E-state index is 10.5. The maximum Gasteiger partial charge on any atom is 0.287 e. The van der Waals surface area contributed by atoms with E-state index in [1.165, 1.54) is 18.3 Å². The fourth-order valence-corrected chi connectivity index (χ4v) is 1.58. The third-order valence-corrected chi connectivity index (χ3v) is 2.53. The molecule has 0 aliphatic heterocycles. The van der Waals surface area contributed by atoms with Crippen molar-refractivity contribution in [2.45, 2.75) is 0 Å². The van der Waals surface area contributed by atoms with Gasteiger partial charge >= 0.3 is 0 Å². The number of nitro groups is 1. The summed E-state index contributed by atoms with van der Waals surface area (Å²) in [6.07, 6.45) is 5.06. The highest BCUT2D eigenvalue weighted by Gasteiger charge is 2.06. The molecule has 1 heterocycles. The molecule has 1 aromatic heterocycles. The van der Waals surface area contributed by atoms with Gasteiger partial charge in [-0.15, -0.1) is 0 Å². The molecule has 0 atom stereocenters. The van der Waals surface area contributed by atoms with Crippen LogP contribution in [-0.2, 0) is 4.79 Å². The first-order chi connectivity index (χ1) is 9.20. The Bertz CT molecular complexity index is 616. The highest BCUT2D eigenvalue weighted by molar-refractivity contribution is 5.74. The van der Waals surface area contributed by atoms with Gasteiger partial charge in [-0.25, -0.2) is 4.98 Å². The zero-order chi connectivity index (χ0) is 13.7. The number of rotatable bonds is 4. The minimum Gasteiger partial charge on any atom is -0.299 e. The van der Waals surface area contributed by atoms with Crippen LogP contribution < -0.4 is 0 Å². The van der Waals surface area contributed by atoms with E-state index >= 15 is 0 Å². The number of aldehydes is 1. The van der Waals surface area contributed by atoms with Gasteiger partial charge in [0.1, 0.15) is 12.5 Å². The average molecular weight is 254 g/mol. The van der Waals surface area contributed by atoms with Crippen LogP contribution in [0, 0.1) is 10.1 Å². The summed E-state index contributed by atoms with van der Waals surface area (Å²) in [4.78, 5) is 24.3. The molecule has 0 saturated carbocycles. The largest absolute Gasteiger partial charge is 0.299 e. The maximum atomic E-state index is 10.5. The number of aromatic nitrogens is 1. The minimum atomic E-state index is -0.482. The SMILES string of the molecule is O=C/C=C/c1ccc(-c2ccc([N+](=O)[O-])cn2)cc1. The van der Waals surface area contributed by atoms with E-state index in [1.807, 2.05) is 24.3 Å². The highest BCUT2D eigenvalue weighted by atomic mass is 16.6. The summed E-state index contributed by atoms with van der Waals surface area (Å²) in [5.41, 5.74) is 2.39. The zero-order valence-electron chi connectivity index (χ0n) is 9.89. The summed E-state index contributed by atoms with van der Waals surface area (Å²) in [5, 5.41) is 10.5. The molecule has 0 N–H and O–H groups in total. The smallest absolute Gasteiger partial charge is 0.287 e. The van der Waals surface area contributed by atoms with Crippen molar-refractivity contribution in [2.75, 3.05) is 0 Å². The molecule has 0 unspecified atom stereocenters. The van der Waals surface area contributed by atoms with Gasteiger partial charge in [0.05, 0.1) is 10.6 Å². The lowest BCUT2D eigenvalue weighted by Crippen LogP contribution is -1.90. The van der Waals surface area contributed by atoms with E-state index in [0.717, 1.165) is 11.1 Å². The number of carbonyl (C=O) groups is 1. The van der Waals surface area contributed by atoms with Gasteiger partial charge < -0.3 is 0 Å². The van der Waals surface area contributed by atoms with Crippen molar-refractivity contribution in [1.29, 1.82) is 0 Å². The minimum absolute atomic E-state index is 0.0331. The Kier molecular flexibility index (Phi) is 3.78. The monoisotopic (exact) mass is 254 g/mol. The van der Waals surface area contributed by atoms with Gasteiger partial charge in [-0.05, 0) is 17.7 Å². The summed E-state index contributed by atoms with van der Waals surface area (Å²) < 4.78 is 0. The molecule has 1 aromatic carbocycles. The number of hydrogen-bond donors (Lipinski definition) is 0. The first-order valence-corrected chi connectivity index (χ1v) is 5.53. The quantitative estimate of drug-likeness (QED) is 0.364. The van der Waals surface area contributed by atoms with Gasteiger partial charge in [-0.2, -0.15) is 0 Å². The van der Waals surface area contributed by atoms with Crippen LogP contribution in [0.2, 0.25) is 0 Å². The fraction of sp³-hybridized carbons (Fsp3) is 0. The van der Waals surface area contributed by atoms with E-state index in [0.29, 0.717) is 12.0 Å². The Morgan fingerprint density at radius 1 is 1.11 bits per heavy atom. The van der Waals surface area contributed by atoms with Crippen LogP contribution in [0.3, 0.4) is 0 Å². The standard InChI is InChI=1S/C14H10N2O3/c17-9-1-2-11-3-5-12(6-4-11)14-8-7-13(10-15-14)16(18)19/h1-10H/b2-1+. The lowest BCUT2D eigenvalue weighted by Gasteiger charge is -2.01. The van der Waals surface area contributed by atoms with E-state index in [-0.39, 0.29) is 5.69 Å². The van der Waals surface area contributed by atoms with Crippen molar-refractivity contribution >= 4 is 18.0 Å². The van der Waals surface area contributed by atoms with Crippen LogP contribution >= 0.6 is 0 Å². The number of allylic oxidation sites excluding steroid dienone is 1. The van der Waals surface area contributed by atoms with Crippen LogP contribution in [0.5, 0.6) is 0 Å². The van der Waals surface area contributed by atoms with Gasteiger partial charge in [0, 0.05) is 11.6 Å². The lowest BCUT2D eigenvalue weighted by atomic mass is 10.1. The molecule has 5 nitrogen and oxygen atoms in total. The molecule has 0 aliphatic carbocycles. The molecule has 0 bridgehead atoms. The van der Waals surface area contributed by atoms with Crippen LogP contribution in [0.15, 0.2) is 48.7 Å². The Labute approximate surface area is 109 Å². The molecule has 19 heavy (non-hydrogen) atoms. The number of hydrogen-bond acceptors (Lipinski definition) is 4. The molecule has 0 amide bonds. The summed E-state index contributed by atoms with van der Waals surface area (Å²) in [6, 6.07) is 10.4. The molecule has 5 heteroatoms. The molecular formula is C14H10N2O3. The predicted octanol–water partition coefficient (Wildman–Crippen LogP) is 2.87. The van der Waals surface area contributed by atoms with Crippen molar-refractivity contribution < 1.29 is 9.72 Å². The molecule has 94 valence electrons. The third kappa shape index (κ3) is 3.10. The van der Waals surface area contributed by atoms with Crippen LogP contribution in [0.1, 0.15) is 5.56 Å². The Hall–Kier alpha value is -2.82. The zero-order valence-corrected chi connectivity index (χ0v) is 9.89. The van der Waals surface area contributed by atoms with Gasteiger partial charge in [0.2, 0.25) is 0 Å². The molecule has 0 radical (unpaired) electrons. The molecule has 2 aromatic rings. The van der Waals surface area contributed by atoms with E-state index in [4.69, 9.17) is 0 Å². The summed E-state index contributed by atoms with van der Waals surface area (Å²) in [7, 11) is 0. The van der Waals surface area contributed by atoms with E-state index < -0.39 is 4.92 Å². The molecular weight excluding hydrogens is 244 g/mol. The lowest BCUT2D eigenvalue weighted by molar-refractivity contribution is -0.385. The van der Waals surface area contributed by atoms with Crippen molar-refractivity contribution in [2.24, 2.45) is 0 Å². The second kappa shape index (κ2) is 5.68. The second-order valence-electron chi connectivity index (χ2n) is 3.78. The topological polar surface area (TPSA) is 73.1 Å². The van der Waals surface area contributed by atoms with Gasteiger partial charge in [0.25, 0.3) is 5.69 Å². The summed E-state index contributed by atoms with van der Waals surface area (Å²) in [5.74, 6) is 0. The van der Waals surface area contributed by atoms with E-state index in [9.17, 15) is 14.9 Å². The predicted molar refractivity (Wildman–Crippen MR) is 71.4 cm³/mol. The third-order valence-electron chi connectivity index (χ3n) is 2.53. The van der Waals surface area contributed by atoms with Gasteiger partial charge in [-0.1, -0.05) is 30.3 Å². The normalized spacial score (nSPS) is 10.5. The first kappa shape index (κ1) is 12.6. The molecule has 2 rings (SSSR count). The molecule has 0 saturated heterocycles. The molecule has 0 spiro atoms. The molecule has 0 aliphatic rings. The van der Waals surface area contributed by atoms with Gasteiger partial charge in [-0.3, -0.25) is 14.9 Å². The summed E-state index contributed by atoms with van der Waals surface area (Å²) in [6.45, 7) is 0. The van der Waals surface area contributed by atoms with Crippen molar-refractivity contribution in [1.82, 2.24) is 4.98 Å².